The monoisotopic (exact) mass is 239 g/mol. The summed E-state index contributed by atoms with van der Waals surface area (Å²) in [6.45, 7) is 1.93. The first-order chi connectivity index (χ1) is 7.60. The zero-order chi connectivity index (χ0) is 12.1. The summed E-state index contributed by atoms with van der Waals surface area (Å²) >= 11 is 5.78. The van der Waals surface area contributed by atoms with E-state index in [1.54, 1.807) is 6.92 Å². The highest BCUT2D eigenvalue weighted by atomic mass is 35.5. The molecule has 0 amide bonds. The summed E-state index contributed by atoms with van der Waals surface area (Å²) in [6.07, 6.45) is -0.164. The molecule has 0 heterocycles. The van der Waals surface area contributed by atoms with Gasteiger partial charge in [-0.1, -0.05) is 11.6 Å². The van der Waals surface area contributed by atoms with Gasteiger partial charge in [-0.3, -0.25) is 4.79 Å². The molecule has 1 N–H and O–H groups in total. The maximum Gasteiger partial charge on any atom is 0.310 e. The molecular weight excluding hydrogens is 230 g/mol. The number of rotatable bonds is 3. The van der Waals surface area contributed by atoms with Gasteiger partial charge < -0.3 is 9.84 Å². The maximum atomic E-state index is 11.3. The number of nitriles is 1. The van der Waals surface area contributed by atoms with Gasteiger partial charge in [0.2, 0.25) is 0 Å². The Morgan fingerprint density at radius 1 is 1.62 bits per heavy atom. The first-order valence-electron chi connectivity index (χ1n) is 4.66. The minimum Gasteiger partial charge on any atom is -0.508 e. The van der Waals surface area contributed by atoms with Crippen LogP contribution in [0.1, 0.15) is 18.1 Å². The largest absolute Gasteiger partial charge is 0.508 e. The molecule has 4 nitrogen and oxygen atoms in total. The van der Waals surface area contributed by atoms with Crippen LogP contribution in [0.25, 0.3) is 0 Å². The number of carbonyl (C=O) groups excluding carboxylic acids is 1. The maximum absolute atomic E-state index is 11.3. The number of phenolic OH excluding ortho intramolecular Hbond substituents is 1. The number of hydrogen-bond donors (Lipinski definition) is 1. The molecule has 84 valence electrons. The Hall–Kier alpha value is -1.73. The van der Waals surface area contributed by atoms with E-state index in [1.807, 2.05) is 6.07 Å². The lowest BCUT2D eigenvalue weighted by Crippen LogP contribution is -2.09. The molecule has 1 aromatic carbocycles. The number of benzene rings is 1. The average Bonchev–Trinajstić information content (AvgIpc) is 2.24. The highest BCUT2D eigenvalue weighted by Gasteiger charge is 2.15. The van der Waals surface area contributed by atoms with Gasteiger partial charge in [0.25, 0.3) is 0 Å². The van der Waals surface area contributed by atoms with Crippen molar-refractivity contribution in [2.24, 2.45) is 0 Å². The minimum atomic E-state index is -0.503. The van der Waals surface area contributed by atoms with Crippen molar-refractivity contribution in [1.29, 1.82) is 5.26 Å². The fraction of sp³-hybridized carbons (Fsp3) is 0.273. The van der Waals surface area contributed by atoms with Crippen molar-refractivity contribution in [2.45, 2.75) is 13.3 Å². The van der Waals surface area contributed by atoms with Gasteiger partial charge in [0.05, 0.1) is 23.6 Å². The zero-order valence-electron chi connectivity index (χ0n) is 8.66. The number of phenols is 1. The molecule has 0 radical (unpaired) electrons. The molecule has 0 aliphatic heterocycles. The van der Waals surface area contributed by atoms with Crippen molar-refractivity contribution in [3.05, 3.63) is 28.3 Å². The quantitative estimate of drug-likeness (QED) is 0.820. The Morgan fingerprint density at radius 2 is 2.31 bits per heavy atom. The Morgan fingerprint density at radius 3 is 2.88 bits per heavy atom. The van der Waals surface area contributed by atoms with Gasteiger partial charge >= 0.3 is 5.97 Å². The summed E-state index contributed by atoms with van der Waals surface area (Å²) in [4.78, 5) is 11.3. The molecule has 0 saturated heterocycles. The Bertz CT molecular complexity index is 451. The van der Waals surface area contributed by atoms with Gasteiger partial charge in [0.15, 0.2) is 0 Å². The molecule has 0 atom stereocenters. The van der Waals surface area contributed by atoms with Gasteiger partial charge in [-0.2, -0.15) is 5.26 Å². The molecule has 5 heteroatoms. The molecule has 0 unspecified atom stereocenters. The van der Waals surface area contributed by atoms with E-state index in [1.165, 1.54) is 12.1 Å². The molecule has 0 fully saturated rings. The molecule has 0 spiro atoms. The molecule has 0 saturated carbocycles. The van der Waals surface area contributed by atoms with Crippen LogP contribution < -0.4 is 0 Å². The average molecular weight is 240 g/mol. The van der Waals surface area contributed by atoms with Crippen LogP contribution in [-0.4, -0.2) is 17.7 Å². The summed E-state index contributed by atoms with van der Waals surface area (Å²) in [5.74, 6) is -0.634. The predicted molar refractivity (Wildman–Crippen MR) is 58.2 cm³/mol. The van der Waals surface area contributed by atoms with Crippen molar-refractivity contribution in [2.75, 3.05) is 6.61 Å². The molecule has 0 bridgehead atoms. The third-order valence-electron chi connectivity index (χ3n) is 1.98. The lowest BCUT2D eigenvalue weighted by Gasteiger charge is -2.07. The van der Waals surface area contributed by atoms with E-state index >= 15 is 0 Å². The van der Waals surface area contributed by atoms with E-state index in [9.17, 15) is 9.90 Å². The summed E-state index contributed by atoms with van der Waals surface area (Å²) in [5.41, 5.74) is 0.308. The topological polar surface area (TPSA) is 70.3 Å². The van der Waals surface area contributed by atoms with Crippen LogP contribution in [0.4, 0.5) is 0 Å². The Balaban J connectivity index is 3.08. The van der Waals surface area contributed by atoms with E-state index in [-0.39, 0.29) is 34.9 Å². The normalized spacial score (nSPS) is 9.56. The van der Waals surface area contributed by atoms with E-state index in [0.29, 0.717) is 0 Å². The molecule has 0 aromatic heterocycles. The van der Waals surface area contributed by atoms with E-state index < -0.39 is 5.97 Å². The highest BCUT2D eigenvalue weighted by molar-refractivity contribution is 6.31. The minimum absolute atomic E-state index is 0.106. The van der Waals surface area contributed by atoms with Crippen molar-refractivity contribution in [1.82, 2.24) is 0 Å². The van der Waals surface area contributed by atoms with Gasteiger partial charge in [-0.25, -0.2) is 0 Å². The van der Waals surface area contributed by atoms with E-state index in [2.05, 4.69) is 0 Å². The SMILES string of the molecule is CCOC(=O)Cc1c(O)ccc(Cl)c1C#N. The summed E-state index contributed by atoms with van der Waals surface area (Å²) in [5, 5.41) is 18.6. The third-order valence-corrected chi connectivity index (χ3v) is 2.29. The van der Waals surface area contributed by atoms with Crippen LogP contribution in [0.3, 0.4) is 0 Å². The number of nitrogens with zero attached hydrogens (tertiary/aromatic N) is 1. The smallest absolute Gasteiger partial charge is 0.310 e. The molecule has 1 aromatic rings. The number of esters is 1. The predicted octanol–water partition coefficient (Wildman–Crippen LogP) is 2.02. The lowest BCUT2D eigenvalue weighted by molar-refractivity contribution is -0.142. The summed E-state index contributed by atoms with van der Waals surface area (Å²) in [7, 11) is 0. The lowest BCUT2D eigenvalue weighted by atomic mass is 10.0. The fourth-order valence-corrected chi connectivity index (χ4v) is 1.48. The molecule has 0 aliphatic rings. The van der Waals surface area contributed by atoms with Crippen LogP contribution in [0.15, 0.2) is 12.1 Å². The standard InChI is InChI=1S/C11H10ClNO3/c1-2-16-11(15)5-7-8(6-13)9(12)3-4-10(7)14/h3-4,14H,2,5H2,1H3. The van der Waals surface area contributed by atoms with Crippen molar-refractivity contribution in [3.8, 4) is 11.8 Å². The van der Waals surface area contributed by atoms with Gasteiger partial charge in [0, 0.05) is 5.56 Å². The van der Waals surface area contributed by atoms with Gasteiger partial charge in [-0.05, 0) is 19.1 Å². The molecule has 1 rings (SSSR count). The first-order valence-corrected chi connectivity index (χ1v) is 5.04. The van der Waals surface area contributed by atoms with E-state index in [0.717, 1.165) is 0 Å². The number of aromatic hydroxyl groups is 1. The fourth-order valence-electron chi connectivity index (χ4n) is 1.26. The zero-order valence-corrected chi connectivity index (χ0v) is 9.41. The summed E-state index contributed by atoms with van der Waals surface area (Å²) in [6, 6.07) is 4.60. The van der Waals surface area contributed by atoms with Crippen LogP contribution in [0.2, 0.25) is 5.02 Å². The molecule has 0 aliphatic carbocycles. The van der Waals surface area contributed by atoms with Crippen molar-refractivity contribution in [3.63, 3.8) is 0 Å². The van der Waals surface area contributed by atoms with E-state index in [4.69, 9.17) is 21.6 Å². The number of halogens is 1. The van der Waals surface area contributed by atoms with Gasteiger partial charge in [0.1, 0.15) is 11.8 Å². The summed E-state index contributed by atoms with van der Waals surface area (Å²) < 4.78 is 4.74. The number of carbonyl (C=O) groups is 1. The van der Waals surface area contributed by atoms with Crippen LogP contribution in [0.5, 0.6) is 5.75 Å². The Kier molecular flexibility index (Phi) is 4.15. The van der Waals surface area contributed by atoms with Crippen LogP contribution >= 0.6 is 11.6 Å². The second-order valence-corrected chi connectivity index (χ2v) is 3.42. The highest BCUT2D eigenvalue weighted by Crippen LogP contribution is 2.27. The number of hydrogen-bond acceptors (Lipinski definition) is 4. The molecule has 16 heavy (non-hydrogen) atoms. The number of ether oxygens (including phenoxy) is 1. The van der Waals surface area contributed by atoms with Crippen LogP contribution in [0, 0.1) is 11.3 Å². The second kappa shape index (κ2) is 5.38. The Labute approximate surface area is 98.0 Å². The second-order valence-electron chi connectivity index (χ2n) is 3.01. The van der Waals surface area contributed by atoms with Crippen LogP contribution in [-0.2, 0) is 16.0 Å². The first kappa shape index (κ1) is 12.3. The third kappa shape index (κ3) is 2.65. The molecular formula is C11H10ClNO3. The van der Waals surface area contributed by atoms with Crippen molar-refractivity contribution < 1.29 is 14.6 Å². The van der Waals surface area contributed by atoms with Gasteiger partial charge in [-0.15, -0.1) is 0 Å². The van der Waals surface area contributed by atoms with Crippen molar-refractivity contribution >= 4 is 17.6 Å².